The van der Waals surface area contributed by atoms with Crippen LogP contribution in [0.15, 0.2) is 30.3 Å². The quantitative estimate of drug-likeness (QED) is 0.673. The summed E-state index contributed by atoms with van der Waals surface area (Å²) >= 11 is 0. The lowest BCUT2D eigenvalue weighted by Gasteiger charge is -2.45. The van der Waals surface area contributed by atoms with Crippen molar-refractivity contribution in [3.05, 3.63) is 47.3 Å². The maximum Gasteiger partial charge on any atom is 0.274 e. The number of fused-ring (bicyclic) bond motifs is 1. The van der Waals surface area contributed by atoms with Gasteiger partial charge in [-0.15, -0.1) is 0 Å². The summed E-state index contributed by atoms with van der Waals surface area (Å²) in [7, 11) is 1.90. The summed E-state index contributed by atoms with van der Waals surface area (Å²) in [6.45, 7) is 7.75. The predicted molar refractivity (Wildman–Crippen MR) is 134 cm³/mol. The first-order valence-corrected chi connectivity index (χ1v) is 13.2. The van der Waals surface area contributed by atoms with Gasteiger partial charge in [0.1, 0.15) is 12.4 Å². The van der Waals surface area contributed by atoms with Crippen molar-refractivity contribution in [2.75, 3.05) is 39.3 Å². The molecule has 1 saturated heterocycles. The lowest BCUT2D eigenvalue weighted by Crippen LogP contribution is -2.49. The number of amides is 1. The molecule has 0 atom stereocenters. The van der Waals surface area contributed by atoms with Crippen LogP contribution in [0.4, 0.5) is 0 Å². The summed E-state index contributed by atoms with van der Waals surface area (Å²) in [6, 6.07) is 10.5. The lowest BCUT2D eigenvalue weighted by molar-refractivity contribution is 0.0364. The molecule has 2 fully saturated rings. The van der Waals surface area contributed by atoms with Crippen LogP contribution in [-0.4, -0.2) is 64.8 Å². The molecule has 1 amide bonds. The number of nitrogens with zero attached hydrogens (tertiary/aromatic N) is 4. The Kier molecular flexibility index (Phi) is 6.96. The van der Waals surface area contributed by atoms with E-state index in [-0.39, 0.29) is 5.91 Å². The van der Waals surface area contributed by atoms with E-state index in [0.717, 1.165) is 69.4 Å². The number of aromatic nitrogens is 2. The summed E-state index contributed by atoms with van der Waals surface area (Å²) < 4.78 is 8.07. The molecule has 2 aromatic rings. The Morgan fingerprint density at radius 3 is 2.65 bits per heavy atom. The minimum absolute atomic E-state index is 0.0894. The summed E-state index contributed by atoms with van der Waals surface area (Å²) in [6.07, 6.45) is 9.69. The number of ether oxygens (including phenoxy) is 1. The number of rotatable bonds is 3. The van der Waals surface area contributed by atoms with E-state index >= 15 is 0 Å². The van der Waals surface area contributed by atoms with E-state index in [1.54, 1.807) is 4.68 Å². The monoisotopic (exact) mass is 464 g/mol. The van der Waals surface area contributed by atoms with E-state index in [1.807, 2.05) is 24.9 Å². The van der Waals surface area contributed by atoms with Crippen LogP contribution >= 0.6 is 0 Å². The van der Waals surface area contributed by atoms with Crippen molar-refractivity contribution in [2.24, 2.45) is 18.4 Å². The molecule has 1 spiro atoms. The zero-order chi connectivity index (χ0) is 23.5. The Bertz CT molecular complexity index is 969. The summed E-state index contributed by atoms with van der Waals surface area (Å²) in [5, 5.41) is 4.43. The van der Waals surface area contributed by atoms with Crippen LogP contribution in [-0.2, 0) is 13.5 Å². The number of aryl methyl sites for hydroxylation is 3. The summed E-state index contributed by atoms with van der Waals surface area (Å²) in [5.74, 6) is 2.03. The average molecular weight is 465 g/mol. The number of benzene rings is 1. The SMILES string of the molecule is Cc1cc(C(=O)N2CCC3(CCCCc4ccccc4OCCN(CC4CC4)C3)CC2)nn1C. The molecule has 1 aliphatic carbocycles. The second-order valence-electron chi connectivity index (χ2n) is 10.9. The molecule has 0 bridgehead atoms. The fourth-order valence-corrected chi connectivity index (χ4v) is 5.82. The molecule has 1 aromatic carbocycles. The van der Waals surface area contributed by atoms with Crippen LogP contribution in [0.25, 0.3) is 0 Å². The normalized spacial score (nSPS) is 21.9. The third-order valence-corrected chi connectivity index (χ3v) is 8.26. The number of hydrogen-bond acceptors (Lipinski definition) is 4. The van der Waals surface area contributed by atoms with Crippen molar-refractivity contribution < 1.29 is 9.53 Å². The highest BCUT2D eigenvalue weighted by Crippen LogP contribution is 2.40. The smallest absolute Gasteiger partial charge is 0.274 e. The highest BCUT2D eigenvalue weighted by molar-refractivity contribution is 5.92. The molecular formula is C28H40N4O2. The molecule has 0 N–H and O–H groups in total. The molecule has 2 aliphatic heterocycles. The van der Waals surface area contributed by atoms with Gasteiger partial charge in [0, 0.05) is 45.5 Å². The number of carbonyl (C=O) groups is 1. The van der Waals surface area contributed by atoms with E-state index in [1.165, 1.54) is 44.2 Å². The minimum atomic E-state index is 0.0894. The van der Waals surface area contributed by atoms with Crippen LogP contribution in [0.1, 0.15) is 66.7 Å². The Balaban J connectivity index is 1.28. The van der Waals surface area contributed by atoms with Crippen molar-refractivity contribution in [2.45, 2.75) is 58.3 Å². The van der Waals surface area contributed by atoms with Crippen molar-refractivity contribution in [1.82, 2.24) is 19.6 Å². The van der Waals surface area contributed by atoms with E-state index in [0.29, 0.717) is 11.1 Å². The number of para-hydroxylation sites is 1. The van der Waals surface area contributed by atoms with Crippen molar-refractivity contribution in [3.8, 4) is 5.75 Å². The van der Waals surface area contributed by atoms with Crippen LogP contribution in [0.3, 0.4) is 0 Å². The zero-order valence-corrected chi connectivity index (χ0v) is 21.0. The van der Waals surface area contributed by atoms with Gasteiger partial charge < -0.3 is 9.64 Å². The minimum Gasteiger partial charge on any atom is -0.492 e. The maximum absolute atomic E-state index is 13.1. The molecule has 6 heteroatoms. The van der Waals surface area contributed by atoms with Crippen LogP contribution in [0.2, 0.25) is 0 Å². The lowest BCUT2D eigenvalue weighted by atomic mass is 9.73. The third-order valence-electron chi connectivity index (χ3n) is 8.26. The van der Waals surface area contributed by atoms with Gasteiger partial charge in [0.05, 0.1) is 0 Å². The van der Waals surface area contributed by atoms with Gasteiger partial charge in [0.2, 0.25) is 0 Å². The van der Waals surface area contributed by atoms with Gasteiger partial charge in [-0.3, -0.25) is 14.4 Å². The van der Waals surface area contributed by atoms with Gasteiger partial charge in [0.25, 0.3) is 5.91 Å². The summed E-state index contributed by atoms with van der Waals surface area (Å²) in [5.41, 5.74) is 3.25. The van der Waals surface area contributed by atoms with Crippen molar-refractivity contribution in [3.63, 3.8) is 0 Å². The summed E-state index contributed by atoms with van der Waals surface area (Å²) in [4.78, 5) is 17.8. The van der Waals surface area contributed by atoms with Crippen LogP contribution in [0, 0.1) is 18.3 Å². The van der Waals surface area contributed by atoms with E-state index in [4.69, 9.17) is 4.74 Å². The van der Waals surface area contributed by atoms with Crippen LogP contribution < -0.4 is 4.74 Å². The first kappa shape index (κ1) is 23.4. The first-order chi connectivity index (χ1) is 16.5. The number of piperidine rings is 1. The Hall–Kier alpha value is -2.34. The molecule has 3 heterocycles. The van der Waals surface area contributed by atoms with Crippen molar-refractivity contribution in [1.29, 1.82) is 0 Å². The van der Waals surface area contributed by atoms with Gasteiger partial charge in [-0.2, -0.15) is 5.10 Å². The number of hydrogen-bond donors (Lipinski definition) is 0. The average Bonchev–Trinajstić information content (AvgIpc) is 3.59. The fourth-order valence-electron chi connectivity index (χ4n) is 5.82. The zero-order valence-electron chi connectivity index (χ0n) is 21.0. The molecule has 5 rings (SSSR count). The second-order valence-corrected chi connectivity index (χ2v) is 10.9. The largest absolute Gasteiger partial charge is 0.492 e. The maximum atomic E-state index is 13.1. The van der Waals surface area contributed by atoms with E-state index in [9.17, 15) is 4.79 Å². The van der Waals surface area contributed by atoms with Gasteiger partial charge in [-0.05, 0) is 80.9 Å². The number of likely N-dealkylation sites (tertiary alicyclic amines) is 1. The topological polar surface area (TPSA) is 50.6 Å². The molecule has 0 radical (unpaired) electrons. The van der Waals surface area contributed by atoms with E-state index < -0.39 is 0 Å². The molecular weight excluding hydrogens is 424 g/mol. The fraction of sp³-hybridized carbons (Fsp3) is 0.643. The molecule has 34 heavy (non-hydrogen) atoms. The first-order valence-electron chi connectivity index (χ1n) is 13.2. The van der Waals surface area contributed by atoms with Gasteiger partial charge in [0.15, 0.2) is 5.69 Å². The third kappa shape index (κ3) is 5.48. The molecule has 1 saturated carbocycles. The van der Waals surface area contributed by atoms with Gasteiger partial charge in [-0.1, -0.05) is 24.6 Å². The molecule has 6 nitrogen and oxygen atoms in total. The van der Waals surface area contributed by atoms with Crippen molar-refractivity contribution >= 4 is 5.91 Å². The Morgan fingerprint density at radius 2 is 1.91 bits per heavy atom. The second kappa shape index (κ2) is 10.1. The standard InChI is InChI=1S/C28H40N4O2/c1-22-19-25(29-30(22)2)27(33)32-15-13-28(14-16-32)12-6-5-8-24-7-3-4-9-26(24)34-18-17-31(21-28)20-23-10-11-23/h3-4,7,9,19,23H,5-6,8,10-18,20-21H2,1-2H3. The van der Waals surface area contributed by atoms with E-state index in [2.05, 4.69) is 34.3 Å². The Labute approximate surface area is 204 Å². The molecule has 1 aromatic heterocycles. The molecule has 3 aliphatic rings. The highest BCUT2D eigenvalue weighted by Gasteiger charge is 2.38. The van der Waals surface area contributed by atoms with Crippen LogP contribution in [0.5, 0.6) is 5.75 Å². The number of carbonyl (C=O) groups excluding carboxylic acids is 1. The molecule has 184 valence electrons. The Morgan fingerprint density at radius 1 is 1.12 bits per heavy atom. The van der Waals surface area contributed by atoms with Gasteiger partial charge in [-0.25, -0.2) is 0 Å². The van der Waals surface area contributed by atoms with Gasteiger partial charge >= 0.3 is 0 Å². The molecule has 0 unspecified atom stereocenters. The predicted octanol–water partition coefficient (Wildman–Crippen LogP) is 4.47. The highest BCUT2D eigenvalue weighted by atomic mass is 16.5.